The highest BCUT2D eigenvalue weighted by molar-refractivity contribution is 6.30. The summed E-state index contributed by atoms with van der Waals surface area (Å²) in [7, 11) is 0. The summed E-state index contributed by atoms with van der Waals surface area (Å²) >= 11 is 5.92. The van der Waals surface area contributed by atoms with Crippen molar-refractivity contribution >= 4 is 28.6 Å². The van der Waals surface area contributed by atoms with E-state index in [0.29, 0.717) is 33.0 Å². The summed E-state index contributed by atoms with van der Waals surface area (Å²) in [4.78, 5) is 16.3. The van der Waals surface area contributed by atoms with Gasteiger partial charge in [0, 0.05) is 16.1 Å². The summed E-state index contributed by atoms with van der Waals surface area (Å²) < 4.78 is 0. The molecule has 0 spiro atoms. The number of hydrogen-bond donors (Lipinski definition) is 3. The van der Waals surface area contributed by atoms with Gasteiger partial charge in [0.25, 0.3) is 0 Å². The van der Waals surface area contributed by atoms with Gasteiger partial charge in [0.15, 0.2) is 5.65 Å². The Bertz CT molecular complexity index is 1120. The molecular formula is C19H12ClN3O3. The molecule has 3 N–H and O–H groups in total. The van der Waals surface area contributed by atoms with E-state index in [0.717, 1.165) is 5.56 Å². The Balaban J connectivity index is 1.94. The van der Waals surface area contributed by atoms with Crippen LogP contribution in [0.25, 0.3) is 33.5 Å². The summed E-state index contributed by atoms with van der Waals surface area (Å²) in [6, 6.07) is 14.9. The van der Waals surface area contributed by atoms with Crippen LogP contribution in [0.1, 0.15) is 10.4 Å². The van der Waals surface area contributed by atoms with Gasteiger partial charge < -0.3 is 10.2 Å². The van der Waals surface area contributed by atoms with E-state index >= 15 is 0 Å². The molecule has 4 aromatic rings. The number of hydrogen-bond acceptors (Lipinski definition) is 4. The molecule has 0 unspecified atom stereocenters. The number of aromatic nitrogens is 3. The molecule has 0 amide bonds. The minimum atomic E-state index is -1.07. The van der Waals surface area contributed by atoms with Crippen molar-refractivity contribution in [3.63, 3.8) is 0 Å². The van der Waals surface area contributed by atoms with Crippen molar-refractivity contribution in [2.24, 2.45) is 0 Å². The molecule has 0 bridgehead atoms. The third-order valence-electron chi connectivity index (χ3n) is 4.05. The molecule has 0 saturated heterocycles. The fourth-order valence-electron chi connectivity index (χ4n) is 2.80. The molecule has 0 radical (unpaired) electrons. The number of phenols is 1. The van der Waals surface area contributed by atoms with E-state index < -0.39 is 5.97 Å². The smallest absolute Gasteiger partial charge is 0.336 e. The Kier molecular flexibility index (Phi) is 3.82. The van der Waals surface area contributed by atoms with Crippen LogP contribution in [-0.4, -0.2) is 31.4 Å². The molecular weight excluding hydrogens is 354 g/mol. The first-order chi connectivity index (χ1) is 12.5. The van der Waals surface area contributed by atoms with Crippen molar-refractivity contribution in [2.45, 2.75) is 0 Å². The second-order valence-electron chi connectivity index (χ2n) is 5.71. The van der Waals surface area contributed by atoms with Crippen LogP contribution < -0.4 is 0 Å². The highest BCUT2D eigenvalue weighted by Gasteiger charge is 2.19. The first kappa shape index (κ1) is 16.1. The Labute approximate surface area is 152 Å². The Morgan fingerprint density at radius 2 is 1.65 bits per heavy atom. The van der Waals surface area contributed by atoms with Crippen molar-refractivity contribution in [3.8, 4) is 28.3 Å². The Hall–Kier alpha value is -3.38. The molecule has 0 saturated carbocycles. The van der Waals surface area contributed by atoms with E-state index in [1.807, 2.05) is 0 Å². The molecule has 2 aromatic carbocycles. The summed E-state index contributed by atoms with van der Waals surface area (Å²) in [5.74, 6) is -0.952. The highest BCUT2D eigenvalue weighted by atomic mass is 35.5. The maximum atomic E-state index is 11.9. The van der Waals surface area contributed by atoms with Gasteiger partial charge in [-0.1, -0.05) is 23.7 Å². The number of phenolic OH excluding ortho intramolecular Hbond substituents is 1. The Morgan fingerprint density at radius 1 is 1.00 bits per heavy atom. The topological polar surface area (TPSA) is 99.1 Å². The summed E-state index contributed by atoms with van der Waals surface area (Å²) in [6.07, 6.45) is 0. The van der Waals surface area contributed by atoms with Crippen LogP contribution in [0.4, 0.5) is 0 Å². The number of fused-ring (bicyclic) bond motifs is 1. The monoisotopic (exact) mass is 365 g/mol. The van der Waals surface area contributed by atoms with Crippen LogP contribution in [0.5, 0.6) is 5.75 Å². The first-order valence-corrected chi connectivity index (χ1v) is 8.08. The van der Waals surface area contributed by atoms with Crippen molar-refractivity contribution in [1.82, 2.24) is 15.2 Å². The minimum absolute atomic E-state index is 0.0942. The zero-order chi connectivity index (χ0) is 18.3. The minimum Gasteiger partial charge on any atom is -0.508 e. The number of nitrogens with one attached hydrogen (secondary N) is 1. The number of benzene rings is 2. The summed E-state index contributed by atoms with van der Waals surface area (Å²) in [6.45, 7) is 0. The van der Waals surface area contributed by atoms with Crippen LogP contribution in [0.15, 0.2) is 54.6 Å². The van der Waals surface area contributed by atoms with Crippen molar-refractivity contribution < 1.29 is 15.0 Å². The fourth-order valence-corrected chi connectivity index (χ4v) is 2.92. The van der Waals surface area contributed by atoms with Crippen molar-refractivity contribution in [3.05, 3.63) is 65.2 Å². The van der Waals surface area contributed by atoms with E-state index in [1.165, 1.54) is 18.2 Å². The summed E-state index contributed by atoms with van der Waals surface area (Å²) in [5, 5.41) is 27.2. The first-order valence-electron chi connectivity index (χ1n) is 7.70. The van der Waals surface area contributed by atoms with Gasteiger partial charge in [0.1, 0.15) is 5.75 Å². The highest BCUT2D eigenvalue weighted by Crippen LogP contribution is 2.32. The number of H-pyrrole nitrogens is 1. The zero-order valence-corrected chi connectivity index (χ0v) is 14.0. The van der Waals surface area contributed by atoms with Gasteiger partial charge >= 0.3 is 5.97 Å². The largest absolute Gasteiger partial charge is 0.508 e. The van der Waals surface area contributed by atoms with E-state index in [2.05, 4.69) is 15.2 Å². The molecule has 26 heavy (non-hydrogen) atoms. The Morgan fingerprint density at radius 3 is 2.31 bits per heavy atom. The number of aromatic hydroxyl groups is 1. The van der Waals surface area contributed by atoms with E-state index in [9.17, 15) is 15.0 Å². The number of aromatic carboxylic acids is 1. The molecule has 6 nitrogen and oxygen atoms in total. The van der Waals surface area contributed by atoms with Gasteiger partial charge in [-0.2, -0.15) is 5.10 Å². The number of carbonyl (C=O) groups is 1. The van der Waals surface area contributed by atoms with Crippen LogP contribution in [0.2, 0.25) is 5.02 Å². The lowest BCUT2D eigenvalue weighted by Gasteiger charge is -2.06. The average molecular weight is 366 g/mol. The fraction of sp³-hybridized carbons (Fsp3) is 0. The maximum Gasteiger partial charge on any atom is 0.336 e. The van der Waals surface area contributed by atoms with E-state index in [4.69, 9.17) is 11.6 Å². The van der Waals surface area contributed by atoms with Crippen molar-refractivity contribution in [2.75, 3.05) is 0 Å². The number of pyridine rings is 1. The SMILES string of the molecule is O=C(O)c1cc(-c2ccc(O)cc2)nc2n[nH]c(-c3ccc(Cl)cc3)c12. The van der Waals surface area contributed by atoms with Crippen LogP contribution in [0.3, 0.4) is 0 Å². The average Bonchev–Trinajstić information content (AvgIpc) is 3.06. The molecule has 0 aliphatic rings. The molecule has 2 aromatic heterocycles. The zero-order valence-electron chi connectivity index (χ0n) is 13.3. The summed E-state index contributed by atoms with van der Waals surface area (Å²) in [5.41, 5.74) is 2.87. The molecule has 0 aliphatic carbocycles. The van der Waals surface area contributed by atoms with Crippen LogP contribution >= 0.6 is 11.6 Å². The predicted molar refractivity (Wildman–Crippen MR) is 98.4 cm³/mol. The van der Waals surface area contributed by atoms with E-state index in [-0.39, 0.29) is 11.3 Å². The molecule has 0 aliphatic heterocycles. The quantitative estimate of drug-likeness (QED) is 0.501. The molecule has 0 atom stereocenters. The maximum absolute atomic E-state index is 11.9. The third kappa shape index (κ3) is 2.76. The van der Waals surface area contributed by atoms with Crippen LogP contribution in [0, 0.1) is 0 Å². The normalized spacial score (nSPS) is 11.0. The third-order valence-corrected chi connectivity index (χ3v) is 4.30. The second kappa shape index (κ2) is 6.16. The molecule has 7 heteroatoms. The van der Waals surface area contributed by atoms with Gasteiger partial charge in [-0.15, -0.1) is 0 Å². The molecule has 2 heterocycles. The number of carboxylic acids is 1. The number of rotatable bonds is 3. The van der Waals surface area contributed by atoms with Gasteiger partial charge in [-0.3, -0.25) is 5.10 Å². The van der Waals surface area contributed by atoms with Crippen molar-refractivity contribution in [1.29, 1.82) is 0 Å². The predicted octanol–water partition coefficient (Wildman–Crippen LogP) is 4.35. The lowest BCUT2D eigenvalue weighted by atomic mass is 10.0. The van der Waals surface area contributed by atoms with Gasteiger partial charge in [0.05, 0.1) is 22.3 Å². The van der Waals surface area contributed by atoms with Gasteiger partial charge in [-0.05, 0) is 42.5 Å². The number of halogens is 1. The standard InChI is InChI=1S/C19H12ClN3O3/c20-12-5-1-11(2-6-12)17-16-14(19(25)26)9-15(21-18(16)23-22-17)10-3-7-13(24)8-4-10/h1-9,24H,(H,25,26)(H,21,22,23). The number of nitrogens with zero attached hydrogens (tertiary/aromatic N) is 2. The second-order valence-corrected chi connectivity index (χ2v) is 6.15. The number of aromatic amines is 1. The lowest BCUT2D eigenvalue weighted by Crippen LogP contribution is -2.00. The molecule has 0 fully saturated rings. The lowest BCUT2D eigenvalue weighted by molar-refractivity contribution is 0.0699. The van der Waals surface area contributed by atoms with Gasteiger partial charge in [-0.25, -0.2) is 9.78 Å². The van der Waals surface area contributed by atoms with Gasteiger partial charge in [0.2, 0.25) is 0 Å². The van der Waals surface area contributed by atoms with E-state index in [1.54, 1.807) is 36.4 Å². The van der Waals surface area contributed by atoms with Crippen LogP contribution in [-0.2, 0) is 0 Å². The molecule has 128 valence electrons. The number of carboxylic acid groups (broad SMARTS) is 1. The molecule has 4 rings (SSSR count).